The van der Waals surface area contributed by atoms with Gasteiger partial charge in [0.25, 0.3) is 0 Å². The van der Waals surface area contributed by atoms with Gasteiger partial charge in [-0.3, -0.25) is 57.9 Å². The van der Waals surface area contributed by atoms with Gasteiger partial charge in [-0.2, -0.15) is 0 Å². The fourth-order valence-electron chi connectivity index (χ4n) is 13.3. The monoisotopic (exact) mass is 1430 g/mol. The lowest BCUT2D eigenvalue weighted by Crippen LogP contribution is -2.55. The number of likely N-dealkylation sites (tertiary alicyclic amines) is 2. The molecule has 0 bridgehead atoms. The molecule has 0 aliphatic carbocycles. The molecule has 0 radical (unpaired) electrons. The summed E-state index contributed by atoms with van der Waals surface area (Å²) in [5.41, 5.74) is 26.7. The zero-order valence-corrected chi connectivity index (χ0v) is 62.4. The van der Waals surface area contributed by atoms with E-state index in [9.17, 15) is 47.9 Å². The third-order valence-corrected chi connectivity index (χ3v) is 18.7. The number of aliphatic imine (C=N–C) groups is 2. The number of rotatable bonds is 43. The van der Waals surface area contributed by atoms with Gasteiger partial charge >= 0.3 is 0 Å². The molecular weight excluding hydrogens is 1320 g/mol. The molecule has 4 aromatic rings. The summed E-state index contributed by atoms with van der Waals surface area (Å²) in [4.78, 5) is 164. The van der Waals surface area contributed by atoms with E-state index in [1.807, 2.05) is 149 Å². The number of benzene rings is 4. The Labute approximate surface area is 614 Å². The Hall–Kier alpha value is -9.56. The molecule has 2 heterocycles. The van der Waals surface area contributed by atoms with Gasteiger partial charge in [0.1, 0.15) is 13.1 Å². The van der Waals surface area contributed by atoms with E-state index in [1.54, 1.807) is 27.7 Å². The number of nitrogens with two attached hydrogens (primary N) is 4. The molecule has 8 amide bonds. The van der Waals surface area contributed by atoms with E-state index < -0.39 is 97.4 Å². The lowest BCUT2D eigenvalue weighted by Gasteiger charge is -2.34. The van der Waals surface area contributed by atoms with E-state index in [2.05, 4.69) is 20.6 Å². The quantitative estimate of drug-likeness (QED) is 0.0157. The maximum atomic E-state index is 14.6. The standard InChI is InChI=1S/C78H114N16O10/c1-55(2)47-89(67(95)45-83-43-63(59-27-13-9-14-28-59)60-29-15-10-16-30-60)49-69(97)87(39-23-21-37-85-77(79)80)51-71(99)93(57(5)6)53-73(101)91-41-25-35-65(91)75(103)76(104)66-36-26-42-92(66)74(102)54-94(58(7)8)72(100)52-88(40-24-22-38-86-78(81)82)70(98)50-90(48-56(3)4)68(96)46-84-44-64(61-31-17-11-18-32-61)62-33-19-12-20-34-62/h9-20,27-34,55-58,63-66,83-84H,21-26,35-54H2,1-8H3,(H4,79,80,85)(H4,81,82,86). The van der Waals surface area contributed by atoms with Crippen LogP contribution in [0.4, 0.5) is 0 Å². The van der Waals surface area contributed by atoms with Crippen LogP contribution in [0.2, 0.25) is 0 Å². The number of carbonyl (C=O) groups is 10. The maximum Gasteiger partial charge on any atom is 0.242 e. The van der Waals surface area contributed by atoms with Crippen molar-refractivity contribution in [1.29, 1.82) is 0 Å². The second kappa shape index (κ2) is 42.9. The number of Topliss-reactive ketones (excluding diaryl/α,β-unsaturated/α-hetero) is 2. The summed E-state index contributed by atoms with van der Waals surface area (Å²) in [6.45, 7) is 14.6. The number of nitrogens with one attached hydrogen (secondary N) is 2. The first-order valence-electron chi connectivity index (χ1n) is 36.8. The van der Waals surface area contributed by atoms with E-state index in [-0.39, 0.29) is 139 Å². The van der Waals surface area contributed by atoms with Crippen LogP contribution in [0.5, 0.6) is 0 Å². The molecule has 4 aromatic carbocycles. The van der Waals surface area contributed by atoms with Crippen LogP contribution < -0.4 is 33.6 Å². The smallest absolute Gasteiger partial charge is 0.242 e. The zero-order valence-electron chi connectivity index (χ0n) is 62.4. The predicted octanol–water partition coefficient (Wildman–Crippen LogP) is 4.16. The Bertz CT molecular complexity index is 3170. The van der Waals surface area contributed by atoms with Crippen molar-refractivity contribution >= 4 is 70.7 Å². The van der Waals surface area contributed by atoms with Crippen LogP contribution in [0.15, 0.2) is 131 Å². The summed E-state index contributed by atoms with van der Waals surface area (Å²) in [6, 6.07) is 36.5. The van der Waals surface area contributed by atoms with Gasteiger partial charge in [0.15, 0.2) is 11.9 Å². The summed E-state index contributed by atoms with van der Waals surface area (Å²) in [5.74, 6) is -5.78. The first-order valence-corrected chi connectivity index (χ1v) is 36.8. The molecule has 2 aliphatic heterocycles. The van der Waals surface area contributed by atoms with E-state index >= 15 is 0 Å². The normalized spacial score (nSPS) is 14.2. The molecule has 0 saturated carbocycles. The average molecular weight is 1440 g/mol. The number of carbonyl (C=O) groups excluding carboxylic acids is 10. The lowest BCUT2D eigenvalue weighted by atomic mass is 9.91. The van der Waals surface area contributed by atoms with Gasteiger partial charge in [-0.1, -0.05) is 149 Å². The van der Waals surface area contributed by atoms with Crippen molar-refractivity contribution in [3.8, 4) is 0 Å². The first kappa shape index (κ1) is 83.4. The summed E-state index contributed by atoms with van der Waals surface area (Å²) in [7, 11) is 0. The third-order valence-electron chi connectivity index (χ3n) is 18.7. The van der Waals surface area contributed by atoms with Crippen molar-refractivity contribution in [1.82, 2.24) is 49.8 Å². The van der Waals surface area contributed by atoms with Gasteiger partial charge in [0.2, 0.25) is 58.8 Å². The minimum absolute atomic E-state index is 0.00612. The number of ketones is 2. The van der Waals surface area contributed by atoms with Crippen molar-refractivity contribution in [2.24, 2.45) is 44.8 Å². The molecule has 2 atom stereocenters. The second-order valence-electron chi connectivity index (χ2n) is 28.5. The average Bonchev–Trinajstić information content (AvgIpc) is 1.61. The summed E-state index contributed by atoms with van der Waals surface area (Å²) >= 11 is 0. The summed E-state index contributed by atoms with van der Waals surface area (Å²) in [6.07, 6.45) is 2.86. The van der Waals surface area contributed by atoms with E-state index in [0.717, 1.165) is 22.3 Å². The van der Waals surface area contributed by atoms with Gasteiger partial charge in [-0.05, 0) is 113 Å². The highest BCUT2D eigenvalue weighted by Gasteiger charge is 2.45. The Morgan fingerprint density at radius 2 is 0.721 bits per heavy atom. The molecule has 26 heteroatoms. The molecule has 2 fully saturated rings. The van der Waals surface area contributed by atoms with E-state index in [0.29, 0.717) is 51.6 Å². The molecule has 566 valence electrons. The van der Waals surface area contributed by atoms with Gasteiger partial charge in [-0.15, -0.1) is 0 Å². The molecule has 0 spiro atoms. The van der Waals surface area contributed by atoms with Crippen LogP contribution >= 0.6 is 0 Å². The highest BCUT2D eigenvalue weighted by atomic mass is 16.2. The van der Waals surface area contributed by atoms with Crippen molar-refractivity contribution in [3.63, 3.8) is 0 Å². The van der Waals surface area contributed by atoms with Crippen LogP contribution in [0, 0.1) is 11.8 Å². The van der Waals surface area contributed by atoms with Gasteiger partial charge in [0.05, 0.1) is 51.4 Å². The van der Waals surface area contributed by atoms with Crippen molar-refractivity contribution in [2.75, 3.05) is 118 Å². The van der Waals surface area contributed by atoms with Gasteiger partial charge in [0, 0.05) is 89.4 Å². The number of guanidine groups is 2. The van der Waals surface area contributed by atoms with Crippen LogP contribution in [0.1, 0.15) is 141 Å². The first-order chi connectivity index (χ1) is 49.7. The van der Waals surface area contributed by atoms with E-state index in [4.69, 9.17) is 22.9 Å². The fourth-order valence-corrected chi connectivity index (χ4v) is 13.3. The fraction of sp³-hybridized carbons (Fsp3) is 0.538. The third kappa shape index (κ3) is 26.6. The molecule has 0 aromatic heterocycles. The molecule has 2 aliphatic rings. The van der Waals surface area contributed by atoms with Crippen LogP contribution in [-0.4, -0.2) is 252 Å². The van der Waals surface area contributed by atoms with Gasteiger partial charge < -0.3 is 72.8 Å². The molecule has 6 rings (SSSR count). The Morgan fingerprint density at radius 3 is 1.01 bits per heavy atom. The second-order valence-corrected chi connectivity index (χ2v) is 28.5. The van der Waals surface area contributed by atoms with Gasteiger partial charge in [-0.25, -0.2) is 0 Å². The highest BCUT2D eigenvalue weighted by molar-refractivity contribution is 6.41. The zero-order chi connectivity index (χ0) is 75.8. The highest BCUT2D eigenvalue weighted by Crippen LogP contribution is 2.28. The van der Waals surface area contributed by atoms with Crippen LogP contribution in [-0.2, 0) is 47.9 Å². The van der Waals surface area contributed by atoms with Crippen molar-refractivity contribution in [2.45, 2.75) is 143 Å². The van der Waals surface area contributed by atoms with Crippen molar-refractivity contribution < 1.29 is 47.9 Å². The molecule has 104 heavy (non-hydrogen) atoms. The Kier molecular flexibility index (Phi) is 34.4. The number of hydrogen-bond acceptors (Lipinski definition) is 14. The minimum Gasteiger partial charge on any atom is -0.370 e. The SMILES string of the molecule is CC(C)CN(CC(=O)N(CCCCN=C(N)N)CC(=O)N(CC(=O)N1CCCC1C(=O)C(=O)C1CCCN1C(=O)CN(C(=O)CN(CCCCN=C(N)N)C(=O)CN(CC(C)C)C(=O)CNCC(c1ccccc1)c1ccccc1)C(C)C)C(C)C)C(=O)CNCC(c1ccccc1)c1ccccc1. The molecule has 26 nitrogen and oxygen atoms in total. The molecule has 10 N–H and O–H groups in total. The van der Waals surface area contributed by atoms with Crippen LogP contribution in [0.25, 0.3) is 0 Å². The predicted molar refractivity (Wildman–Crippen MR) is 404 cm³/mol. The summed E-state index contributed by atoms with van der Waals surface area (Å²) < 4.78 is 0. The largest absolute Gasteiger partial charge is 0.370 e. The maximum absolute atomic E-state index is 14.6. The summed E-state index contributed by atoms with van der Waals surface area (Å²) in [5, 5.41) is 6.69. The minimum atomic E-state index is -1.17. The Balaban J connectivity index is 1.10. The molecular formula is C78H114N16O10. The lowest BCUT2D eigenvalue weighted by molar-refractivity contribution is -0.151. The number of amides is 8. The number of nitrogens with zero attached hydrogens (tertiary/aromatic N) is 10. The molecule has 2 saturated heterocycles. The number of hydrogen-bond donors (Lipinski definition) is 6. The van der Waals surface area contributed by atoms with E-state index in [1.165, 1.54) is 39.2 Å². The Morgan fingerprint density at radius 1 is 0.413 bits per heavy atom. The number of unbranched alkanes of at least 4 members (excludes halogenated alkanes) is 2. The molecule has 2 unspecified atom stereocenters. The topological polar surface area (TPSA) is 349 Å². The van der Waals surface area contributed by atoms with Crippen LogP contribution in [0.3, 0.4) is 0 Å². The van der Waals surface area contributed by atoms with Crippen molar-refractivity contribution in [3.05, 3.63) is 144 Å².